The van der Waals surface area contributed by atoms with Crippen LogP contribution in [0, 0.1) is 0 Å². The Morgan fingerprint density at radius 2 is 1.54 bits per heavy atom. The molecule has 11 heteroatoms. The van der Waals surface area contributed by atoms with E-state index in [-0.39, 0.29) is 39.4 Å². The number of carboxylic acid groups (broad SMARTS) is 1. The minimum absolute atomic E-state index is 0. The van der Waals surface area contributed by atoms with Crippen LogP contribution in [0.1, 0.15) is 41.2 Å². The summed E-state index contributed by atoms with van der Waals surface area (Å²) in [5, 5.41) is 25.8. The van der Waals surface area contributed by atoms with E-state index < -0.39 is 30.8 Å². The van der Waals surface area contributed by atoms with Crippen LogP contribution < -0.4 is 4.74 Å². The summed E-state index contributed by atoms with van der Waals surface area (Å²) in [6, 6.07) is 28.6. The molecule has 0 bridgehead atoms. The molecule has 1 amide bonds. The van der Waals surface area contributed by atoms with E-state index in [4.69, 9.17) is 0 Å². The van der Waals surface area contributed by atoms with Gasteiger partial charge in [0.15, 0.2) is 6.04 Å². The van der Waals surface area contributed by atoms with Crippen molar-refractivity contribution in [3.63, 3.8) is 0 Å². The molecular formula is C35H32F2N3NiO5-. The molecule has 1 heterocycles. The number of carboxylic acids is 1. The molecule has 8 nitrogen and oxygen atoms in total. The zero-order chi connectivity index (χ0) is 31.8. The average Bonchev–Trinajstić information content (AvgIpc) is 3.51. The van der Waals surface area contributed by atoms with Gasteiger partial charge in [0.05, 0.1) is 17.7 Å². The monoisotopic (exact) mass is 670 g/mol. The Kier molecular flexibility index (Phi) is 12.1. The minimum Gasteiger partial charge on any atom is -0.625 e. The topological polar surface area (TPSA) is 114 Å². The summed E-state index contributed by atoms with van der Waals surface area (Å²) in [4.78, 5) is 32.7. The first-order chi connectivity index (χ1) is 21.8. The molecule has 1 aliphatic heterocycles. The van der Waals surface area contributed by atoms with Gasteiger partial charge in [0.1, 0.15) is 11.9 Å². The summed E-state index contributed by atoms with van der Waals surface area (Å²) in [6.45, 7) is -1.63. The number of alkyl halides is 2. The molecule has 0 aliphatic carbocycles. The van der Waals surface area contributed by atoms with Gasteiger partial charge in [0, 0.05) is 28.6 Å². The third-order valence-electron chi connectivity index (χ3n) is 7.58. The van der Waals surface area contributed by atoms with Crippen LogP contribution in [0.2, 0.25) is 0 Å². The molecule has 0 radical (unpaired) electrons. The summed E-state index contributed by atoms with van der Waals surface area (Å²) in [5.74, 6) is -1.84. The number of likely N-dealkylation sites (tertiary alicyclic amines) is 1. The van der Waals surface area contributed by atoms with Crippen molar-refractivity contribution in [1.82, 2.24) is 4.90 Å². The molecule has 0 spiro atoms. The maximum Gasteiger partial charge on any atom is 0.387 e. The van der Waals surface area contributed by atoms with Crippen molar-refractivity contribution < 1.29 is 49.8 Å². The number of carbonyl (C=O) groups is 2. The van der Waals surface area contributed by atoms with Gasteiger partial charge < -0.3 is 25.1 Å². The van der Waals surface area contributed by atoms with Crippen molar-refractivity contribution in [3.05, 3.63) is 137 Å². The number of hydrogen-bond donors (Lipinski definition) is 2. The second kappa shape index (κ2) is 16.2. The summed E-state index contributed by atoms with van der Waals surface area (Å²) >= 11 is 0. The normalized spacial score (nSPS) is 16.3. The molecule has 3 atom stereocenters. The molecule has 0 aromatic heterocycles. The van der Waals surface area contributed by atoms with E-state index in [0.29, 0.717) is 29.8 Å². The maximum atomic E-state index is 13.6. The molecule has 0 saturated carbocycles. The summed E-state index contributed by atoms with van der Waals surface area (Å²) in [5.41, 5.74) is 2.77. The van der Waals surface area contributed by atoms with Gasteiger partial charge in [-0.3, -0.25) is 9.89 Å². The number of carbonyl (C=O) groups excluding carboxylic acids is 1. The number of aliphatic carboxylic acids is 1. The van der Waals surface area contributed by atoms with Crippen molar-refractivity contribution >= 4 is 23.3 Å². The van der Waals surface area contributed by atoms with E-state index in [0.717, 1.165) is 18.5 Å². The average molecular weight is 671 g/mol. The first kappa shape index (κ1) is 34.4. The molecule has 4 aromatic carbocycles. The third-order valence-corrected chi connectivity index (χ3v) is 7.58. The predicted molar refractivity (Wildman–Crippen MR) is 166 cm³/mol. The van der Waals surface area contributed by atoms with Crippen molar-refractivity contribution in [2.24, 2.45) is 4.99 Å². The van der Waals surface area contributed by atoms with Crippen molar-refractivity contribution in [1.29, 1.82) is 0 Å². The number of aliphatic hydroxyl groups excluding tert-OH is 1. The van der Waals surface area contributed by atoms with Crippen LogP contribution in [0.5, 0.6) is 5.75 Å². The van der Waals surface area contributed by atoms with Crippen LogP contribution >= 0.6 is 0 Å². The van der Waals surface area contributed by atoms with Crippen molar-refractivity contribution in [3.8, 4) is 5.75 Å². The predicted octanol–water partition coefficient (Wildman–Crippen LogP) is 6.51. The minimum atomic E-state index is -3.02. The fourth-order valence-corrected chi connectivity index (χ4v) is 5.40. The zero-order valence-corrected chi connectivity index (χ0v) is 25.6. The quantitative estimate of drug-likeness (QED) is 0.131. The molecule has 1 fully saturated rings. The Morgan fingerprint density at radius 3 is 2.20 bits per heavy atom. The van der Waals surface area contributed by atoms with Gasteiger partial charge >= 0.3 is 12.6 Å². The Hall–Kier alpha value is -4.44. The van der Waals surface area contributed by atoms with E-state index in [1.165, 1.54) is 24.3 Å². The third kappa shape index (κ3) is 8.63. The Morgan fingerprint density at radius 1 is 0.913 bits per heavy atom. The van der Waals surface area contributed by atoms with Crippen molar-refractivity contribution in [2.75, 3.05) is 6.54 Å². The number of amides is 1. The molecule has 242 valence electrons. The number of benzene rings is 4. The number of halogens is 2. The van der Waals surface area contributed by atoms with Crippen molar-refractivity contribution in [2.45, 2.75) is 44.2 Å². The summed E-state index contributed by atoms with van der Waals surface area (Å²) in [7, 11) is 0. The number of aliphatic imine (C=N–C) groups is 1. The smallest absolute Gasteiger partial charge is 0.387 e. The van der Waals surface area contributed by atoms with E-state index in [1.54, 1.807) is 54.6 Å². The molecule has 2 N–H and O–H groups in total. The van der Waals surface area contributed by atoms with Gasteiger partial charge in [-0.15, -0.1) is 5.69 Å². The Bertz CT molecular complexity index is 1620. The first-order valence-electron chi connectivity index (χ1n) is 14.5. The molecular weight excluding hydrogens is 639 g/mol. The fourth-order valence-electron chi connectivity index (χ4n) is 5.40. The largest absolute Gasteiger partial charge is 0.625 e. The molecule has 5 rings (SSSR count). The standard InChI is InChI=1S/C35H33F2N3O5.Ni/c36-35(37)45-26-19-17-25(18-20-26)32(41)31(34(43)44)39-30(24-12-5-2-6-13-24)27-14-7-8-15-28(27)38-33(42)29-16-9-21-40(29)22-23-10-3-1-4-11-23;/h1-8,10-15,17-20,29,31-32,35,41H,9,16,21-22H2,(H2,38,39,42,43,44);/p-1/t29-,31-,32+;/m0./s1. The summed E-state index contributed by atoms with van der Waals surface area (Å²) < 4.78 is 29.5. The number of rotatable bonds is 12. The van der Waals surface area contributed by atoms with Gasteiger partial charge in [-0.05, 0) is 48.2 Å². The van der Waals surface area contributed by atoms with Crippen LogP contribution in [0.25, 0.3) is 5.32 Å². The Balaban J connectivity index is 0.00000480. The zero-order valence-electron chi connectivity index (χ0n) is 24.6. The molecule has 0 unspecified atom stereocenters. The maximum absolute atomic E-state index is 13.6. The number of hydrogen-bond acceptors (Lipinski definition) is 6. The van der Waals surface area contributed by atoms with E-state index in [9.17, 15) is 28.6 Å². The van der Waals surface area contributed by atoms with Gasteiger partial charge in [-0.2, -0.15) is 8.78 Å². The SMILES string of the molecule is O=C(O)[C@@H](N=C(c1ccccc1)c1ccccc1[N-]C(=O)[C@@H]1CCCN1Cc1ccccc1)[C@H](O)c1ccc(OC(F)F)cc1.[Ni]. The van der Waals surface area contributed by atoms with E-state index >= 15 is 0 Å². The molecule has 1 saturated heterocycles. The second-order valence-corrected chi connectivity index (χ2v) is 10.6. The van der Waals surface area contributed by atoms with E-state index in [1.807, 2.05) is 30.3 Å². The molecule has 1 aliphatic rings. The summed E-state index contributed by atoms with van der Waals surface area (Å²) in [6.07, 6.45) is -0.0896. The van der Waals surface area contributed by atoms with Crippen LogP contribution in [-0.2, 0) is 32.6 Å². The molecule has 4 aromatic rings. The number of nitrogens with zero attached hydrogens (tertiary/aromatic N) is 3. The Labute approximate surface area is 275 Å². The van der Waals surface area contributed by atoms with Crippen LogP contribution in [0.15, 0.2) is 114 Å². The first-order valence-corrected chi connectivity index (χ1v) is 14.5. The van der Waals surface area contributed by atoms with Gasteiger partial charge in [-0.1, -0.05) is 97.1 Å². The fraction of sp³-hybridized carbons (Fsp3) is 0.229. The van der Waals surface area contributed by atoms with E-state index in [2.05, 4.69) is 19.9 Å². The second-order valence-electron chi connectivity index (χ2n) is 10.6. The van der Waals surface area contributed by atoms with Crippen LogP contribution in [0.4, 0.5) is 14.5 Å². The molecule has 46 heavy (non-hydrogen) atoms. The van der Waals surface area contributed by atoms with Crippen LogP contribution in [-0.4, -0.2) is 57.9 Å². The van der Waals surface area contributed by atoms with Crippen LogP contribution in [0.3, 0.4) is 0 Å². The van der Waals surface area contributed by atoms with Gasteiger partial charge in [0.2, 0.25) is 0 Å². The van der Waals surface area contributed by atoms with Gasteiger partial charge in [0.25, 0.3) is 0 Å². The number of ether oxygens (including phenoxy) is 1. The van der Waals surface area contributed by atoms with Gasteiger partial charge in [-0.25, -0.2) is 4.79 Å². The number of para-hydroxylation sites is 1. The number of aliphatic hydroxyl groups is 1.